The molecule has 0 atom stereocenters. The molecule has 2 aromatic carbocycles. The number of nitrogens with two attached hydrogens (primary N) is 1. The molecular weight excluding hydrogens is 396 g/mol. The maximum absolute atomic E-state index is 11.2. The Morgan fingerprint density at radius 3 is 2.69 bits per heavy atom. The number of aryl methyl sites for hydroxylation is 1. The lowest BCUT2D eigenvalue weighted by molar-refractivity contribution is -0.114. The molecule has 0 fully saturated rings. The Morgan fingerprint density at radius 1 is 1.31 bits per heavy atom. The molecule has 0 aliphatic rings. The highest BCUT2D eigenvalue weighted by Gasteiger charge is 2.13. The third-order valence-corrected chi connectivity index (χ3v) is 4.08. The van der Waals surface area contributed by atoms with Gasteiger partial charge in [-0.15, -0.1) is 0 Å². The second-order valence-corrected chi connectivity index (χ2v) is 6.43. The van der Waals surface area contributed by atoms with Gasteiger partial charge in [0.05, 0.1) is 11.1 Å². The first-order chi connectivity index (χ1) is 12.4. The highest BCUT2D eigenvalue weighted by Crippen LogP contribution is 2.38. The van der Waals surface area contributed by atoms with Gasteiger partial charge in [0.1, 0.15) is 18.2 Å². The molecule has 0 aliphatic heterocycles. The number of halogens is 1. The van der Waals surface area contributed by atoms with Gasteiger partial charge in [0.2, 0.25) is 0 Å². The average Bonchev–Trinajstić information content (AvgIpc) is 2.59. The Hall–Kier alpha value is -2.78. The van der Waals surface area contributed by atoms with E-state index < -0.39 is 5.91 Å². The van der Waals surface area contributed by atoms with E-state index in [0.29, 0.717) is 34.7 Å². The Kier molecular flexibility index (Phi) is 6.81. The summed E-state index contributed by atoms with van der Waals surface area (Å²) in [6.45, 7) is 4.73. The van der Waals surface area contributed by atoms with Gasteiger partial charge >= 0.3 is 0 Å². The summed E-state index contributed by atoms with van der Waals surface area (Å²) in [5.41, 5.74) is 7.87. The van der Waals surface area contributed by atoms with E-state index in [1.165, 1.54) is 6.08 Å². The summed E-state index contributed by atoms with van der Waals surface area (Å²) in [5.74, 6) is 0.298. The highest BCUT2D eigenvalue weighted by atomic mass is 79.9. The standard InChI is InChI=1S/C20H19BrN2O3/c1-3-25-18-10-15(8-16(11-22)20(23)24)9-17(21)19(18)26-12-14-6-4-5-13(2)7-14/h4-10H,3,12H2,1-2H3,(H2,23,24)/b16-8+. The van der Waals surface area contributed by atoms with E-state index in [2.05, 4.69) is 22.0 Å². The SMILES string of the molecule is CCOc1cc(/C=C(\C#N)C(N)=O)cc(Br)c1OCc1cccc(C)c1. The number of nitrogens with zero attached hydrogens (tertiary/aromatic N) is 1. The van der Waals surface area contributed by atoms with Crippen LogP contribution in [0.5, 0.6) is 11.5 Å². The molecule has 0 radical (unpaired) electrons. The molecule has 2 aromatic rings. The van der Waals surface area contributed by atoms with Crippen LogP contribution in [0.2, 0.25) is 0 Å². The van der Waals surface area contributed by atoms with Gasteiger partial charge in [-0.2, -0.15) is 5.26 Å². The third-order valence-electron chi connectivity index (χ3n) is 3.49. The fourth-order valence-corrected chi connectivity index (χ4v) is 2.93. The molecule has 26 heavy (non-hydrogen) atoms. The van der Waals surface area contributed by atoms with Crippen molar-refractivity contribution in [3.63, 3.8) is 0 Å². The van der Waals surface area contributed by atoms with Crippen LogP contribution in [0.3, 0.4) is 0 Å². The van der Waals surface area contributed by atoms with Crippen LogP contribution in [0.15, 0.2) is 46.4 Å². The number of ether oxygens (including phenoxy) is 2. The van der Waals surface area contributed by atoms with Crippen LogP contribution >= 0.6 is 15.9 Å². The van der Waals surface area contributed by atoms with Gasteiger partial charge in [-0.1, -0.05) is 29.8 Å². The predicted octanol–water partition coefficient (Wildman–Crippen LogP) is 4.13. The zero-order chi connectivity index (χ0) is 19.1. The van der Waals surface area contributed by atoms with E-state index in [-0.39, 0.29) is 5.57 Å². The van der Waals surface area contributed by atoms with Crippen LogP contribution in [0.1, 0.15) is 23.6 Å². The van der Waals surface area contributed by atoms with Gasteiger partial charge in [-0.3, -0.25) is 4.79 Å². The lowest BCUT2D eigenvalue weighted by Gasteiger charge is -2.15. The van der Waals surface area contributed by atoms with Gasteiger partial charge in [0.25, 0.3) is 5.91 Å². The fourth-order valence-electron chi connectivity index (χ4n) is 2.36. The van der Waals surface area contributed by atoms with E-state index in [1.807, 2.05) is 32.0 Å². The van der Waals surface area contributed by atoms with Crippen molar-refractivity contribution in [2.75, 3.05) is 6.61 Å². The van der Waals surface area contributed by atoms with Crippen molar-refractivity contribution in [3.8, 4) is 17.6 Å². The van der Waals surface area contributed by atoms with E-state index in [4.69, 9.17) is 20.5 Å². The number of hydrogen-bond donors (Lipinski definition) is 1. The van der Waals surface area contributed by atoms with E-state index in [1.54, 1.807) is 18.2 Å². The molecule has 0 saturated carbocycles. The number of benzene rings is 2. The number of amides is 1. The molecule has 0 aliphatic carbocycles. The predicted molar refractivity (Wildman–Crippen MR) is 104 cm³/mol. The molecule has 0 saturated heterocycles. The maximum atomic E-state index is 11.2. The van der Waals surface area contributed by atoms with Gasteiger partial charge in [-0.25, -0.2) is 0 Å². The molecule has 0 unspecified atom stereocenters. The van der Waals surface area contributed by atoms with Crippen molar-refractivity contribution in [2.45, 2.75) is 20.5 Å². The zero-order valence-electron chi connectivity index (χ0n) is 14.6. The lowest BCUT2D eigenvalue weighted by Crippen LogP contribution is -2.12. The topological polar surface area (TPSA) is 85.3 Å². The van der Waals surface area contributed by atoms with E-state index in [9.17, 15) is 4.79 Å². The molecular formula is C20H19BrN2O3. The van der Waals surface area contributed by atoms with Gasteiger partial charge < -0.3 is 15.2 Å². The number of hydrogen-bond acceptors (Lipinski definition) is 4. The number of nitriles is 1. The van der Waals surface area contributed by atoms with Crippen LogP contribution < -0.4 is 15.2 Å². The largest absolute Gasteiger partial charge is 0.490 e. The summed E-state index contributed by atoms with van der Waals surface area (Å²) >= 11 is 3.47. The minimum absolute atomic E-state index is 0.132. The van der Waals surface area contributed by atoms with Gasteiger partial charge in [0, 0.05) is 0 Å². The van der Waals surface area contributed by atoms with Crippen LogP contribution in [0.25, 0.3) is 6.08 Å². The molecule has 0 heterocycles. The molecule has 1 amide bonds. The van der Waals surface area contributed by atoms with Crippen LogP contribution in [-0.2, 0) is 11.4 Å². The number of rotatable bonds is 7. The first kappa shape index (κ1) is 19.5. The third kappa shape index (κ3) is 5.11. The number of primary amides is 1. The zero-order valence-corrected chi connectivity index (χ0v) is 16.2. The minimum Gasteiger partial charge on any atom is -0.490 e. The molecule has 2 rings (SSSR count). The van der Waals surface area contributed by atoms with Crippen molar-refractivity contribution in [1.82, 2.24) is 0 Å². The van der Waals surface area contributed by atoms with Gasteiger partial charge in [0.15, 0.2) is 11.5 Å². The van der Waals surface area contributed by atoms with Crippen molar-refractivity contribution >= 4 is 27.9 Å². The molecule has 2 N–H and O–H groups in total. The Morgan fingerprint density at radius 2 is 2.08 bits per heavy atom. The minimum atomic E-state index is -0.777. The molecule has 5 nitrogen and oxygen atoms in total. The summed E-state index contributed by atoms with van der Waals surface area (Å²) in [6.07, 6.45) is 1.42. The summed E-state index contributed by atoms with van der Waals surface area (Å²) in [4.78, 5) is 11.2. The Balaban J connectivity index is 2.34. The number of carbonyl (C=O) groups is 1. The first-order valence-electron chi connectivity index (χ1n) is 8.01. The van der Waals surface area contributed by atoms with Crippen molar-refractivity contribution in [1.29, 1.82) is 5.26 Å². The number of carbonyl (C=O) groups excluding carboxylic acids is 1. The monoisotopic (exact) mass is 414 g/mol. The molecule has 0 aromatic heterocycles. The second-order valence-electron chi connectivity index (χ2n) is 5.57. The smallest absolute Gasteiger partial charge is 0.259 e. The summed E-state index contributed by atoms with van der Waals surface area (Å²) in [7, 11) is 0. The van der Waals surface area contributed by atoms with Crippen LogP contribution in [-0.4, -0.2) is 12.5 Å². The van der Waals surface area contributed by atoms with Crippen LogP contribution in [0.4, 0.5) is 0 Å². The molecule has 6 heteroatoms. The summed E-state index contributed by atoms with van der Waals surface area (Å²) in [5, 5.41) is 9.00. The molecule has 134 valence electrons. The van der Waals surface area contributed by atoms with Crippen molar-refractivity contribution < 1.29 is 14.3 Å². The van der Waals surface area contributed by atoms with Gasteiger partial charge in [-0.05, 0) is 59.1 Å². The Labute approximate surface area is 161 Å². The lowest BCUT2D eigenvalue weighted by atomic mass is 10.1. The van der Waals surface area contributed by atoms with Crippen molar-refractivity contribution in [2.24, 2.45) is 5.73 Å². The fraction of sp³-hybridized carbons (Fsp3) is 0.200. The highest BCUT2D eigenvalue weighted by molar-refractivity contribution is 9.10. The summed E-state index contributed by atoms with van der Waals surface area (Å²) < 4.78 is 12.3. The first-order valence-corrected chi connectivity index (χ1v) is 8.80. The van der Waals surface area contributed by atoms with E-state index >= 15 is 0 Å². The molecule has 0 spiro atoms. The maximum Gasteiger partial charge on any atom is 0.259 e. The van der Waals surface area contributed by atoms with Crippen molar-refractivity contribution in [3.05, 3.63) is 63.1 Å². The normalized spacial score (nSPS) is 10.9. The van der Waals surface area contributed by atoms with E-state index in [0.717, 1.165) is 11.1 Å². The second kappa shape index (κ2) is 9.07. The summed E-state index contributed by atoms with van der Waals surface area (Å²) in [6, 6.07) is 13.3. The molecule has 0 bridgehead atoms. The Bertz CT molecular complexity index is 885. The quantitative estimate of drug-likeness (QED) is 0.545. The van der Waals surface area contributed by atoms with Crippen LogP contribution in [0, 0.1) is 18.3 Å². The average molecular weight is 415 g/mol.